The Balaban J connectivity index is 1.21. The van der Waals surface area contributed by atoms with Gasteiger partial charge in [0.2, 0.25) is 10.0 Å². The van der Waals surface area contributed by atoms with E-state index in [1.165, 1.54) is 11.1 Å². The molecule has 2 fully saturated rings. The molecule has 1 N–H and O–H groups in total. The van der Waals surface area contributed by atoms with Gasteiger partial charge in [0.25, 0.3) is 5.91 Å². The minimum Gasteiger partial charge on any atom is -0.490 e. The number of nitrogens with one attached hydrogen (secondary N) is 1. The van der Waals surface area contributed by atoms with Crippen molar-refractivity contribution in [1.82, 2.24) is 4.72 Å². The van der Waals surface area contributed by atoms with Gasteiger partial charge in [0.05, 0.1) is 36.9 Å². The molecule has 7 rings (SSSR count). The van der Waals surface area contributed by atoms with Crippen LogP contribution in [0, 0.1) is 17.8 Å². The van der Waals surface area contributed by atoms with E-state index in [2.05, 4.69) is 33.9 Å². The van der Waals surface area contributed by atoms with Crippen molar-refractivity contribution < 1.29 is 32.2 Å². The summed E-state index contributed by atoms with van der Waals surface area (Å²) in [4.78, 5) is 15.9. The van der Waals surface area contributed by atoms with Crippen molar-refractivity contribution in [2.75, 3.05) is 44.4 Å². The monoisotopic (exact) mass is 726 g/mol. The minimum atomic E-state index is -3.94. The van der Waals surface area contributed by atoms with E-state index in [1.54, 1.807) is 13.0 Å². The van der Waals surface area contributed by atoms with E-state index in [9.17, 15) is 13.2 Å². The van der Waals surface area contributed by atoms with E-state index in [0.717, 1.165) is 75.2 Å². The van der Waals surface area contributed by atoms with E-state index in [0.29, 0.717) is 50.0 Å². The summed E-state index contributed by atoms with van der Waals surface area (Å²) in [6.07, 6.45) is 12.7. The van der Waals surface area contributed by atoms with Crippen molar-refractivity contribution >= 4 is 33.2 Å². The third-order valence-electron chi connectivity index (χ3n) is 11.8. The second kappa shape index (κ2) is 15.2. The first-order valence-electron chi connectivity index (χ1n) is 18.5. The summed E-state index contributed by atoms with van der Waals surface area (Å²) in [6, 6.07) is 11.6. The first-order valence-corrected chi connectivity index (χ1v) is 20.4. The molecule has 1 spiro atoms. The highest BCUT2D eigenvalue weighted by molar-refractivity contribution is 7.90. The highest BCUT2D eigenvalue weighted by Crippen LogP contribution is 2.47. The molecule has 1 amide bonds. The van der Waals surface area contributed by atoms with Crippen LogP contribution in [0.4, 0.5) is 5.69 Å². The average molecular weight is 727 g/mol. The summed E-state index contributed by atoms with van der Waals surface area (Å²) in [5, 5.41) is -0.0323. The van der Waals surface area contributed by atoms with Crippen molar-refractivity contribution in [3.8, 4) is 5.75 Å². The topological polar surface area (TPSA) is 103 Å². The van der Waals surface area contributed by atoms with Crippen molar-refractivity contribution in [3.05, 3.63) is 70.3 Å². The maximum Gasteiger partial charge on any atom is 0.264 e. The summed E-state index contributed by atoms with van der Waals surface area (Å²) < 4.78 is 54.2. The summed E-state index contributed by atoms with van der Waals surface area (Å²) >= 11 is 6.46. The van der Waals surface area contributed by atoms with Crippen molar-refractivity contribution in [2.24, 2.45) is 17.8 Å². The normalized spacial score (nSPS) is 33.2. The maximum absolute atomic E-state index is 13.5. The highest BCUT2D eigenvalue weighted by Gasteiger charge is 2.44. The van der Waals surface area contributed by atoms with E-state index in [1.807, 2.05) is 25.1 Å². The summed E-state index contributed by atoms with van der Waals surface area (Å²) in [6.45, 7) is 7.22. The van der Waals surface area contributed by atoms with Gasteiger partial charge >= 0.3 is 0 Å². The molecule has 1 saturated heterocycles. The Bertz CT molecular complexity index is 1680. The van der Waals surface area contributed by atoms with E-state index < -0.39 is 21.2 Å². The van der Waals surface area contributed by atoms with Gasteiger partial charge in [0.15, 0.2) is 6.29 Å². The number of anilines is 1. The predicted octanol–water partition coefficient (Wildman–Crippen LogP) is 6.81. The Morgan fingerprint density at radius 2 is 1.90 bits per heavy atom. The van der Waals surface area contributed by atoms with Gasteiger partial charge in [-0.05, 0) is 124 Å². The van der Waals surface area contributed by atoms with Crippen LogP contribution in [0.2, 0.25) is 5.02 Å². The number of fused-ring (bicyclic) bond motifs is 4. The fourth-order valence-corrected chi connectivity index (χ4v) is 10.0. The number of amides is 1. The summed E-state index contributed by atoms with van der Waals surface area (Å²) in [5.74, 6) is 0.507. The molecule has 272 valence electrons. The molecule has 1 saturated carbocycles. The fraction of sp³-hybridized carbons (Fsp3) is 0.615. The standard InChI is InChI=1S/C39H51ClN2O7S/c1-26-7-5-9-35(46-19-20-48-37-10-3-4-18-47-37)32-14-11-30(32)23-42-24-39(17-6-8-28-21-31(40)13-15-33(28)39)25-49-36-16-12-29(22-34(36)42)38(43)41-50(44,45)27(26)2/h5,9,12-13,15-16,21-22,26-27,30,32,35,37H,3-4,6-8,10-11,14,17-20,23-25H2,1-2H3,(H,41,43)/b9-5-/t26-,27+,30-,32+,35-,37+,39-/m0/s1. The number of carbonyl (C=O) groups excluding carboxylic acids is 1. The smallest absolute Gasteiger partial charge is 0.264 e. The van der Waals surface area contributed by atoms with Gasteiger partial charge in [-0.15, -0.1) is 0 Å². The quantitative estimate of drug-likeness (QED) is 0.265. The van der Waals surface area contributed by atoms with Gasteiger partial charge in [0, 0.05) is 35.7 Å². The zero-order valence-electron chi connectivity index (χ0n) is 29.3. The Hall–Kier alpha value is -2.63. The second-order valence-corrected chi connectivity index (χ2v) is 17.6. The lowest BCUT2D eigenvalue weighted by atomic mass is 9.68. The van der Waals surface area contributed by atoms with Gasteiger partial charge in [-0.25, -0.2) is 13.1 Å². The van der Waals surface area contributed by atoms with Crippen LogP contribution in [0.25, 0.3) is 0 Å². The first-order chi connectivity index (χ1) is 24.1. The lowest BCUT2D eigenvalue weighted by Gasteiger charge is -2.46. The molecule has 2 aliphatic carbocycles. The lowest BCUT2D eigenvalue weighted by Crippen LogP contribution is -2.49. The molecular weight excluding hydrogens is 676 g/mol. The van der Waals surface area contributed by atoms with Gasteiger partial charge in [-0.3, -0.25) is 4.79 Å². The van der Waals surface area contributed by atoms with Crippen LogP contribution in [0.15, 0.2) is 48.6 Å². The number of halogens is 1. The SMILES string of the molecule is C[C@@H]1[C@@H](C)C/C=C\[C@H](OCCO[C@@H]2CCCCO2)[C@@H]2CC[C@H]2CN2C[C@@]3(CCCc4cc(Cl)ccc43)COc3ccc(cc32)C(=O)NS1(=O)=O. The number of aryl methyl sites for hydroxylation is 1. The van der Waals surface area contributed by atoms with Crippen LogP contribution in [-0.4, -0.2) is 71.5 Å². The van der Waals surface area contributed by atoms with Crippen molar-refractivity contribution in [3.63, 3.8) is 0 Å². The summed E-state index contributed by atoms with van der Waals surface area (Å²) in [5.41, 5.74) is 3.40. The number of carbonyl (C=O) groups is 1. The number of nitrogens with zero attached hydrogens (tertiary/aromatic N) is 1. The lowest BCUT2D eigenvalue weighted by molar-refractivity contribution is -0.172. The number of allylic oxidation sites excluding steroid dienone is 1. The zero-order valence-corrected chi connectivity index (χ0v) is 30.9. The van der Waals surface area contributed by atoms with Crippen LogP contribution in [0.3, 0.4) is 0 Å². The van der Waals surface area contributed by atoms with E-state index >= 15 is 0 Å². The van der Waals surface area contributed by atoms with Gasteiger partial charge in [-0.1, -0.05) is 36.7 Å². The molecule has 5 aliphatic rings. The van der Waals surface area contributed by atoms with Gasteiger partial charge in [-0.2, -0.15) is 0 Å². The van der Waals surface area contributed by atoms with Crippen molar-refractivity contribution in [1.29, 1.82) is 0 Å². The number of ether oxygens (including phenoxy) is 4. The molecule has 3 aliphatic heterocycles. The minimum absolute atomic E-state index is 0.128. The predicted molar refractivity (Wildman–Crippen MR) is 194 cm³/mol. The maximum atomic E-state index is 13.5. The van der Waals surface area contributed by atoms with E-state index in [-0.39, 0.29) is 29.6 Å². The largest absolute Gasteiger partial charge is 0.490 e. The highest BCUT2D eigenvalue weighted by atomic mass is 35.5. The molecule has 2 bridgehead atoms. The average Bonchev–Trinajstić information content (AvgIpc) is 3.24. The van der Waals surface area contributed by atoms with Crippen LogP contribution >= 0.6 is 11.6 Å². The molecule has 7 atom stereocenters. The molecule has 11 heteroatoms. The molecule has 0 radical (unpaired) electrons. The van der Waals surface area contributed by atoms with Crippen LogP contribution in [0.1, 0.15) is 86.7 Å². The van der Waals surface area contributed by atoms with Crippen molar-refractivity contribution in [2.45, 2.75) is 94.7 Å². The first kappa shape index (κ1) is 35.8. The third-order valence-corrected chi connectivity index (χ3v) is 14.0. The second-order valence-electron chi connectivity index (χ2n) is 15.1. The molecule has 9 nitrogen and oxygen atoms in total. The number of rotatable bonds is 5. The molecule has 2 aromatic carbocycles. The molecule has 0 aromatic heterocycles. The number of benzene rings is 2. The zero-order chi connectivity index (χ0) is 34.9. The van der Waals surface area contributed by atoms with Gasteiger partial charge in [0.1, 0.15) is 5.75 Å². The third kappa shape index (κ3) is 7.61. The number of sulfonamides is 1. The Morgan fingerprint density at radius 1 is 1.04 bits per heavy atom. The number of hydrogen-bond donors (Lipinski definition) is 1. The Kier molecular flexibility index (Phi) is 10.8. The molecule has 2 aromatic rings. The molecular formula is C39H51ClN2O7S. The van der Waals surface area contributed by atoms with Crippen LogP contribution in [0.5, 0.6) is 5.75 Å². The molecule has 50 heavy (non-hydrogen) atoms. The Morgan fingerprint density at radius 3 is 2.70 bits per heavy atom. The number of hydrogen-bond acceptors (Lipinski definition) is 8. The molecule has 0 unspecified atom stereocenters. The van der Waals surface area contributed by atoms with Crippen LogP contribution in [-0.2, 0) is 36.1 Å². The fourth-order valence-electron chi connectivity index (χ4n) is 8.53. The van der Waals surface area contributed by atoms with Gasteiger partial charge < -0.3 is 23.8 Å². The molecule has 3 heterocycles. The van der Waals surface area contributed by atoms with Crippen LogP contribution < -0.4 is 14.4 Å². The Labute approximate surface area is 302 Å². The van der Waals surface area contributed by atoms with E-state index in [4.69, 9.17) is 30.5 Å². The summed E-state index contributed by atoms with van der Waals surface area (Å²) in [7, 11) is -3.94.